The molecule has 1 nitrogen and oxygen atoms in total. The van der Waals surface area contributed by atoms with Crippen LogP contribution in [0.2, 0.25) is 0 Å². The highest BCUT2D eigenvalue weighted by molar-refractivity contribution is 7.07. The van der Waals surface area contributed by atoms with Crippen molar-refractivity contribution < 1.29 is 0 Å². The number of thiophene rings is 1. The molecule has 0 saturated heterocycles. The molecular weight excluding hydrogens is 214 g/mol. The molecule has 0 unspecified atom stereocenters. The van der Waals surface area contributed by atoms with E-state index in [4.69, 9.17) is 5.73 Å². The molecule has 0 aliphatic heterocycles. The number of hydrogen-bond acceptors (Lipinski definition) is 2. The molecule has 0 radical (unpaired) electrons. The second kappa shape index (κ2) is 5.83. The van der Waals surface area contributed by atoms with Crippen molar-refractivity contribution in [2.75, 3.05) is 0 Å². The SMILES string of the molecule is NC1(CCc2ccsc2)CCCCCCC1. The van der Waals surface area contributed by atoms with E-state index in [2.05, 4.69) is 16.8 Å². The Morgan fingerprint density at radius 1 is 1.12 bits per heavy atom. The second-order valence-electron chi connectivity index (χ2n) is 5.26. The van der Waals surface area contributed by atoms with Crippen molar-refractivity contribution in [3.8, 4) is 0 Å². The zero-order valence-electron chi connectivity index (χ0n) is 10.1. The molecule has 1 aliphatic rings. The molecule has 0 atom stereocenters. The molecule has 2 rings (SSSR count). The van der Waals surface area contributed by atoms with Gasteiger partial charge in [0.05, 0.1) is 0 Å². The highest BCUT2D eigenvalue weighted by atomic mass is 32.1. The molecule has 1 aliphatic carbocycles. The van der Waals surface area contributed by atoms with E-state index in [0.29, 0.717) is 0 Å². The molecule has 1 heterocycles. The first-order chi connectivity index (χ1) is 7.79. The predicted octanol–water partition coefficient (Wildman–Crippen LogP) is 4.12. The van der Waals surface area contributed by atoms with E-state index >= 15 is 0 Å². The van der Waals surface area contributed by atoms with Crippen molar-refractivity contribution in [2.45, 2.75) is 63.3 Å². The van der Waals surface area contributed by atoms with E-state index in [0.717, 1.165) is 0 Å². The summed E-state index contributed by atoms with van der Waals surface area (Å²) >= 11 is 1.79. The Labute approximate surface area is 103 Å². The average Bonchev–Trinajstić information content (AvgIpc) is 2.74. The van der Waals surface area contributed by atoms with E-state index in [1.54, 1.807) is 11.3 Å². The Hall–Kier alpha value is -0.340. The van der Waals surface area contributed by atoms with Crippen LogP contribution >= 0.6 is 11.3 Å². The van der Waals surface area contributed by atoms with E-state index in [-0.39, 0.29) is 5.54 Å². The molecule has 2 N–H and O–H groups in total. The van der Waals surface area contributed by atoms with Gasteiger partial charge in [-0.15, -0.1) is 0 Å². The fourth-order valence-corrected chi connectivity index (χ4v) is 3.39. The monoisotopic (exact) mass is 237 g/mol. The van der Waals surface area contributed by atoms with Gasteiger partial charge in [0.1, 0.15) is 0 Å². The lowest BCUT2D eigenvalue weighted by molar-refractivity contribution is 0.298. The molecule has 1 aromatic rings. The van der Waals surface area contributed by atoms with Gasteiger partial charge < -0.3 is 5.73 Å². The molecule has 90 valence electrons. The van der Waals surface area contributed by atoms with Crippen LogP contribution in [0, 0.1) is 0 Å². The molecule has 1 fully saturated rings. The van der Waals surface area contributed by atoms with Gasteiger partial charge in [0.25, 0.3) is 0 Å². The fraction of sp³-hybridized carbons (Fsp3) is 0.714. The summed E-state index contributed by atoms with van der Waals surface area (Å²) in [4.78, 5) is 0. The summed E-state index contributed by atoms with van der Waals surface area (Å²) in [6, 6.07) is 2.23. The third-order valence-electron chi connectivity index (χ3n) is 3.84. The van der Waals surface area contributed by atoms with Crippen LogP contribution in [0.3, 0.4) is 0 Å². The van der Waals surface area contributed by atoms with Crippen molar-refractivity contribution in [2.24, 2.45) is 5.73 Å². The summed E-state index contributed by atoms with van der Waals surface area (Å²) in [6.07, 6.45) is 11.7. The van der Waals surface area contributed by atoms with Gasteiger partial charge >= 0.3 is 0 Å². The van der Waals surface area contributed by atoms with Crippen molar-refractivity contribution in [1.29, 1.82) is 0 Å². The third kappa shape index (κ3) is 3.60. The van der Waals surface area contributed by atoms with Crippen molar-refractivity contribution in [1.82, 2.24) is 0 Å². The maximum Gasteiger partial charge on any atom is 0.0157 e. The van der Waals surface area contributed by atoms with E-state index in [1.807, 2.05) is 0 Å². The van der Waals surface area contributed by atoms with E-state index < -0.39 is 0 Å². The Bertz CT molecular complexity index is 284. The Morgan fingerprint density at radius 2 is 1.81 bits per heavy atom. The lowest BCUT2D eigenvalue weighted by Crippen LogP contribution is -2.40. The Morgan fingerprint density at radius 3 is 2.44 bits per heavy atom. The van der Waals surface area contributed by atoms with Gasteiger partial charge in [0.15, 0.2) is 0 Å². The van der Waals surface area contributed by atoms with E-state index in [1.165, 1.54) is 63.4 Å². The van der Waals surface area contributed by atoms with Crippen molar-refractivity contribution in [3.05, 3.63) is 22.4 Å². The zero-order chi connectivity index (χ0) is 11.3. The lowest BCUT2D eigenvalue weighted by atomic mass is 9.81. The molecule has 0 amide bonds. The van der Waals surface area contributed by atoms with Crippen molar-refractivity contribution in [3.63, 3.8) is 0 Å². The largest absolute Gasteiger partial charge is 0.325 e. The summed E-state index contributed by atoms with van der Waals surface area (Å²) in [5.74, 6) is 0. The van der Waals surface area contributed by atoms with Crippen LogP contribution in [0.4, 0.5) is 0 Å². The molecule has 0 spiro atoms. The van der Waals surface area contributed by atoms with Crippen LogP contribution in [0.25, 0.3) is 0 Å². The van der Waals surface area contributed by atoms with E-state index in [9.17, 15) is 0 Å². The highest BCUT2D eigenvalue weighted by Crippen LogP contribution is 2.28. The summed E-state index contributed by atoms with van der Waals surface area (Å²) in [5, 5.41) is 4.42. The van der Waals surface area contributed by atoms with Gasteiger partial charge in [-0.2, -0.15) is 11.3 Å². The van der Waals surface area contributed by atoms with Crippen LogP contribution in [-0.2, 0) is 6.42 Å². The van der Waals surface area contributed by atoms with Crippen molar-refractivity contribution >= 4 is 11.3 Å². The average molecular weight is 237 g/mol. The van der Waals surface area contributed by atoms with Gasteiger partial charge in [-0.25, -0.2) is 0 Å². The first-order valence-corrected chi connectivity index (χ1v) is 7.53. The number of hydrogen-bond donors (Lipinski definition) is 1. The minimum Gasteiger partial charge on any atom is -0.325 e. The molecule has 0 bridgehead atoms. The number of aryl methyl sites for hydroxylation is 1. The highest BCUT2D eigenvalue weighted by Gasteiger charge is 2.24. The Kier molecular flexibility index (Phi) is 4.42. The smallest absolute Gasteiger partial charge is 0.0157 e. The topological polar surface area (TPSA) is 26.0 Å². The normalized spacial score (nSPS) is 21.3. The first-order valence-electron chi connectivity index (χ1n) is 6.58. The van der Waals surface area contributed by atoms with Crippen LogP contribution < -0.4 is 5.73 Å². The van der Waals surface area contributed by atoms with Crippen LogP contribution in [0.5, 0.6) is 0 Å². The summed E-state index contributed by atoms with van der Waals surface area (Å²) in [5.41, 5.74) is 8.15. The summed E-state index contributed by atoms with van der Waals surface area (Å²) in [6.45, 7) is 0. The molecular formula is C14H23NS. The number of nitrogens with two attached hydrogens (primary N) is 1. The first kappa shape index (κ1) is 12.1. The lowest BCUT2D eigenvalue weighted by Gasteiger charge is -2.31. The second-order valence-corrected chi connectivity index (χ2v) is 6.04. The van der Waals surface area contributed by atoms with Gasteiger partial charge in [-0.1, -0.05) is 32.1 Å². The Balaban J connectivity index is 1.84. The quantitative estimate of drug-likeness (QED) is 0.840. The number of rotatable bonds is 3. The van der Waals surface area contributed by atoms with Crippen LogP contribution in [0.15, 0.2) is 16.8 Å². The standard InChI is InChI=1S/C14H23NS/c15-14(8-4-2-1-3-5-9-14)10-6-13-7-11-16-12-13/h7,11-12H,1-6,8-10,15H2. The fourth-order valence-electron chi connectivity index (χ4n) is 2.69. The predicted molar refractivity (Wildman–Crippen MR) is 71.9 cm³/mol. The van der Waals surface area contributed by atoms with Gasteiger partial charge in [-0.3, -0.25) is 0 Å². The third-order valence-corrected chi connectivity index (χ3v) is 4.57. The zero-order valence-corrected chi connectivity index (χ0v) is 10.9. The summed E-state index contributed by atoms with van der Waals surface area (Å²) < 4.78 is 0. The molecule has 1 aromatic heterocycles. The molecule has 16 heavy (non-hydrogen) atoms. The molecule has 2 heteroatoms. The minimum absolute atomic E-state index is 0.127. The van der Waals surface area contributed by atoms with Crippen LogP contribution in [0.1, 0.15) is 56.9 Å². The van der Waals surface area contributed by atoms with Gasteiger partial charge in [-0.05, 0) is 48.1 Å². The van der Waals surface area contributed by atoms with Gasteiger partial charge in [0, 0.05) is 5.54 Å². The van der Waals surface area contributed by atoms with Crippen LogP contribution in [-0.4, -0.2) is 5.54 Å². The maximum absolute atomic E-state index is 6.55. The maximum atomic E-state index is 6.55. The molecule has 1 saturated carbocycles. The summed E-state index contributed by atoms with van der Waals surface area (Å²) in [7, 11) is 0. The van der Waals surface area contributed by atoms with Gasteiger partial charge in [0.2, 0.25) is 0 Å². The molecule has 0 aromatic carbocycles. The minimum atomic E-state index is 0.127.